The molecule has 0 N–H and O–H groups in total. The van der Waals surface area contributed by atoms with Crippen LogP contribution in [-0.4, -0.2) is 12.5 Å². The molecule has 0 saturated heterocycles. The molecule has 0 aromatic carbocycles. The summed E-state index contributed by atoms with van der Waals surface area (Å²) in [4.78, 5) is 3.60. The van der Waals surface area contributed by atoms with E-state index in [0.29, 0.717) is 0 Å². The van der Waals surface area contributed by atoms with E-state index < -0.39 is 8.54 Å². The number of hydrogen-bond acceptors (Lipinski definition) is 1. The Morgan fingerprint density at radius 1 is 1.30 bits per heavy atom. The smallest absolute Gasteiger partial charge is 0.283 e. The molecule has 0 fully saturated rings. The third-order valence-electron chi connectivity index (χ3n) is 2.79. The van der Waals surface area contributed by atoms with E-state index in [9.17, 15) is 8.39 Å². The largest absolute Gasteiger partial charge is 0.316 e. The van der Waals surface area contributed by atoms with Crippen LogP contribution in [0.5, 0.6) is 0 Å². The fourth-order valence-corrected chi connectivity index (χ4v) is 2.26. The van der Waals surface area contributed by atoms with Crippen LogP contribution in [0.1, 0.15) is 27.2 Å². The summed E-state index contributed by atoms with van der Waals surface area (Å²) < 4.78 is 25.3. The minimum absolute atomic E-state index is 0.0113. The first-order chi connectivity index (χ1) is 9.51. The zero-order chi connectivity index (χ0) is 15.5. The molecule has 0 aromatic rings. The van der Waals surface area contributed by atoms with Gasteiger partial charge < -0.3 is 0 Å². The predicted molar refractivity (Wildman–Crippen MR) is 87.9 cm³/mol. The second-order valence-corrected chi connectivity index (χ2v) is 5.27. The molecule has 1 nitrogen and oxygen atoms in total. The molecule has 20 heavy (non-hydrogen) atoms. The normalized spacial score (nSPS) is 16.7. The monoisotopic (exact) mass is 319 g/mol. The second kappa shape index (κ2) is 10.9. The highest BCUT2D eigenvalue weighted by molar-refractivity contribution is 7.66. The van der Waals surface area contributed by atoms with Crippen molar-refractivity contribution in [3.05, 3.63) is 47.1 Å². The third kappa shape index (κ3) is 6.58. The summed E-state index contributed by atoms with van der Waals surface area (Å²) in [6.45, 7) is 5.95. The van der Waals surface area contributed by atoms with Crippen LogP contribution in [0.25, 0.3) is 0 Å². The molecule has 112 valence electrons. The molecule has 0 aromatic heterocycles. The highest BCUT2D eigenvalue weighted by atomic mass is 35.5. The highest BCUT2D eigenvalue weighted by Crippen LogP contribution is 2.41. The van der Waals surface area contributed by atoms with Crippen molar-refractivity contribution in [2.45, 2.75) is 27.2 Å². The Balaban J connectivity index is 5.38. The minimum Gasteiger partial charge on any atom is -0.283 e. The maximum absolute atomic E-state index is 12.7. The molecule has 0 radical (unpaired) electrons. The van der Waals surface area contributed by atoms with Crippen LogP contribution in [0.3, 0.4) is 0 Å². The van der Waals surface area contributed by atoms with Gasteiger partial charge in [0.1, 0.15) is 5.45 Å². The van der Waals surface area contributed by atoms with E-state index in [2.05, 4.69) is 11.9 Å². The Bertz CT molecular complexity index is 437. The average molecular weight is 320 g/mol. The lowest BCUT2D eigenvalue weighted by Crippen LogP contribution is -1.98. The Morgan fingerprint density at radius 3 is 2.35 bits per heavy atom. The molecule has 5 heteroatoms. The summed E-state index contributed by atoms with van der Waals surface area (Å²) in [5, 5.41) is 0. The van der Waals surface area contributed by atoms with E-state index in [0.717, 1.165) is 17.6 Å². The maximum atomic E-state index is 12.7. The third-order valence-corrected chi connectivity index (χ3v) is 3.61. The molecule has 0 rings (SSSR count). The minimum atomic E-state index is -3.16. The van der Waals surface area contributed by atoms with E-state index >= 15 is 0 Å². The Labute approximate surface area is 126 Å². The van der Waals surface area contributed by atoms with Crippen LogP contribution in [-0.2, 0) is 0 Å². The van der Waals surface area contributed by atoms with Crippen molar-refractivity contribution in [1.82, 2.24) is 0 Å². The summed E-state index contributed by atoms with van der Waals surface area (Å²) >= 11 is 5.68. The van der Waals surface area contributed by atoms with Crippen LogP contribution in [0.15, 0.2) is 52.1 Å². The molecule has 0 aliphatic rings. The molecule has 0 aliphatic carbocycles. The predicted octanol–water partition coefficient (Wildman–Crippen LogP) is 6.49. The summed E-state index contributed by atoms with van der Waals surface area (Å²) in [7, 11) is -1.78. The summed E-state index contributed by atoms with van der Waals surface area (Å²) in [5.41, 5.74) is 3.46. The molecule has 0 spiro atoms. The number of rotatable bonds is 7. The second-order valence-electron chi connectivity index (χ2n) is 4.09. The maximum Gasteiger partial charge on any atom is 0.316 e. The molecule has 0 bridgehead atoms. The molecule has 0 heterocycles. The Morgan fingerprint density at radius 2 is 1.95 bits per heavy atom. The van der Waals surface area contributed by atoms with Gasteiger partial charge in [-0.05, 0) is 42.6 Å². The molecule has 0 saturated carbocycles. The first-order valence-corrected chi connectivity index (χ1v) is 7.96. The lowest BCUT2D eigenvalue weighted by atomic mass is 9.93. The van der Waals surface area contributed by atoms with Gasteiger partial charge in [0.15, 0.2) is 0 Å². The van der Waals surface area contributed by atoms with Gasteiger partial charge in [-0.2, -0.15) is 8.39 Å². The number of hydrogen-bond donors (Lipinski definition) is 0. The molecule has 1 unspecified atom stereocenters. The van der Waals surface area contributed by atoms with Gasteiger partial charge in [-0.3, -0.25) is 4.99 Å². The van der Waals surface area contributed by atoms with Gasteiger partial charge in [-0.15, -0.1) is 0 Å². The SMILES string of the molecule is C\C=C/C(CC)=C(\C=C\Cl)C(C)/C=C\C(=NC)P(F)F. The number of allylic oxidation sites excluding steroid dienone is 7. The van der Waals surface area contributed by atoms with Crippen molar-refractivity contribution >= 4 is 25.6 Å². The molecule has 0 aliphatic heterocycles. The van der Waals surface area contributed by atoms with Crippen LogP contribution >= 0.6 is 20.1 Å². The van der Waals surface area contributed by atoms with Crippen molar-refractivity contribution in [3.8, 4) is 0 Å². The van der Waals surface area contributed by atoms with Gasteiger partial charge in [0, 0.05) is 12.6 Å². The fourth-order valence-electron chi connectivity index (χ4n) is 1.78. The molecule has 1 atom stereocenters. The van der Waals surface area contributed by atoms with Gasteiger partial charge >= 0.3 is 8.54 Å². The highest BCUT2D eigenvalue weighted by Gasteiger charge is 2.12. The molecule has 0 amide bonds. The van der Waals surface area contributed by atoms with E-state index in [1.807, 2.05) is 32.1 Å². The Kier molecular flexibility index (Phi) is 10.5. The van der Waals surface area contributed by atoms with Crippen molar-refractivity contribution in [3.63, 3.8) is 0 Å². The van der Waals surface area contributed by atoms with Gasteiger partial charge in [0.25, 0.3) is 0 Å². The lowest BCUT2D eigenvalue weighted by molar-refractivity contribution is 0.768. The summed E-state index contributed by atoms with van der Waals surface area (Å²) in [5.74, 6) is -0.0113. The number of nitrogens with zero attached hydrogens (tertiary/aromatic N) is 1. The first kappa shape index (κ1) is 19.2. The lowest BCUT2D eigenvalue weighted by Gasteiger charge is -2.13. The van der Waals surface area contributed by atoms with Gasteiger partial charge in [0.05, 0.1) is 0 Å². The average Bonchev–Trinajstić information content (AvgIpc) is 2.42. The quantitative estimate of drug-likeness (QED) is 0.289. The summed E-state index contributed by atoms with van der Waals surface area (Å²) in [6, 6.07) is 0. The van der Waals surface area contributed by atoms with Crippen LogP contribution < -0.4 is 0 Å². The number of halogens is 3. The van der Waals surface area contributed by atoms with Crippen molar-refractivity contribution in [2.75, 3.05) is 7.05 Å². The van der Waals surface area contributed by atoms with Gasteiger partial charge in [-0.1, -0.05) is 43.7 Å². The fraction of sp³-hybridized carbons (Fsp3) is 0.400. The Hall–Kier alpha value is -0.790. The summed E-state index contributed by atoms with van der Waals surface area (Å²) in [6.07, 6.45) is 9.78. The topological polar surface area (TPSA) is 12.4 Å². The van der Waals surface area contributed by atoms with Gasteiger partial charge in [-0.25, -0.2) is 0 Å². The zero-order valence-electron chi connectivity index (χ0n) is 12.3. The van der Waals surface area contributed by atoms with Gasteiger partial charge in [0.2, 0.25) is 0 Å². The van der Waals surface area contributed by atoms with Crippen molar-refractivity contribution in [1.29, 1.82) is 0 Å². The zero-order valence-corrected chi connectivity index (χ0v) is 13.9. The van der Waals surface area contributed by atoms with Crippen LogP contribution in [0.4, 0.5) is 8.39 Å². The first-order valence-electron chi connectivity index (χ1n) is 6.40. The van der Waals surface area contributed by atoms with Crippen molar-refractivity contribution < 1.29 is 8.39 Å². The molecular weight excluding hydrogens is 299 g/mol. The van der Waals surface area contributed by atoms with Crippen molar-refractivity contribution in [2.24, 2.45) is 10.9 Å². The standard InChI is InChI=1S/C15H21ClF2NP/c1-5-7-13(6-2)14(10-11-16)12(3)8-9-15(19-4)20(17)18/h5,7-12H,6H2,1-4H3/b7-5-,9-8-,11-10+,14-13+,19-15?. The van der Waals surface area contributed by atoms with E-state index in [-0.39, 0.29) is 11.4 Å². The molecular formula is C15H21ClF2NP. The van der Waals surface area contributed by atoms with E-state index in [1.54, 1.807) is 6.08 Å². The van der Waals surface area contributed by atoms with E-state index in [4.69, 9.17) is 11.6 Å². The van der Waals surface area contributed by atoms with E-state index in [1.165, 1.54) is 18.7 Å². The van der Waals surface area contributed by atoms with Crippen LogP contribution in [0, 0.1) is 5.92 Å². The number of aliphatic imine (C=N–C) groups is 1. The van der Waals surface area contributed by atoms with Crippen LogP contribution in [0.2, 0.25) is 0 Å².